The molecule has 7 N–H and O–H groups in total. The Morgan fingerprint density at radius 3 is 2.23 bits per heavy atom. The molecule has 0 saturated heterocycles. The smallest absolute Gasteiger partial charge is 0.339 e. The molecular formula is C6H13N3O4. The van der Waals surface area contributed by atoms with Crippen molar-refractivity contribution < 1.29 is 19.8 Å². The summed E-state index contributed by atoms with van der Waals surface area (Å²) < 4.78 is 0. The van der Waals surface area contributed by atoms with Crippen molar-refractivity contribution in [2.45, 2.75) is 24.9 Å². The minimum atomic E-state index is -1.74. The molecule has 76 valence electrons. The zero-order chi connectivity index (χ0) is 10.5. The fourth-order valence-electron chi connectivity index (χ4n) is 0.759. The summed E-state index contributed by atoms with van der Waals surface area (Å²) in [5.41, 5.74) is 5.49. The Morgan fingerprint density at radius 1 is 1.38 bits per heavy atom. The molecule has 1 atom stereocenters. The quantitative estimate of drug-likeness (QED) is 0.194. The van der Waals surface area contributed by atoms with Crippen LogP contribution < -0.4 is 17.0 Å². The van der Waals surface area contributed by atoms with Gasteiger partial charge in [-0.25, -0.2) is 10.2 Å². The standard InChI is InChI=1S/C6H13N3O4/c7-6(9-8,5(12)13)3-1-2-4(10)11/h9H,1-3,7-8H2,(H,10,11)(H,12,13). The van der Waals surface area contributed by atoms with Crippen molar-refractivity contribution in [2.24, 2.45) is 11.6 Å². The van der Waals surface area contributed by atoms with Gasteiger partial charge in [-0.05, 0) is 12.8 Å². The predicted molar refractivity (Wildman–Crippen MR) is 43.4 cm³/mol. The number of rotatable bonds is 6. The summed E-state index contributed by atoms with van der Waals surface area (Å²) in [7, 11) is 0. The highest BCUT2D eigenvalue weighted by molar-refractivity contribution is 5.77. The van der Waals surface area contributed by atoms with E-state index in [9.17, 15) is 9.59 Å². The Labute approximate surface area is 74.7 Å². The second-order valence-electron chi connectivity index (χ2n) is 2.67. The van der Waals surface area contributed by atoms with Crippen LogP contribution in [0.25, 0.3) is 0 Å². The van der Waals surface area contributed by atoms with E-state index in [1.807, 2.05) is 5.43 Å². The van der Waals surface area contributed by atoms with Crippen molar-refractivity contribution in [3.8, 4) is 0 Å². The fraction of sp³-hybridized carbons (Fsp3) is 0.667. The lowest BCUT2D eigenvalue weighted by molar-refractivity contribution is -0.146. The van der Waals surface area contributed by atoms with Crippen LogP contribution in [0.3, 0.4) is 0 Å². The highest BCUT2D eigenvalue weighted by Crippen LogP contribution is 2.07. The van der Waals surface area contributed by atoms with Crippen molar-refractivity contribution in [1.29, 1.82) is 0 Å². The number of nitrogens with two attached hydrogens (primary N) is 2. The fourth-order valence-corrected chi connectivity index (χ4v) is 0.759. The van der Waals surface area contributed by atoms with Gasteiger partial charge in [0.05, 0.1) is 0 Å². The van der Waals surface area contributed by atoms with Gasteiger partial charge in [-0.2, -0.15) is 0 Å². The molecule has 0 bridgehead atoms. The summed E-state index contributed by atoms with van der Waals surface area (Å²) >= 11 is 0. The molecule has 7 nitrogen and oxygen atoms in total. The lowest BCUT2D eigenvalue weighted by Gasteiger charge is -2.22. The summed E-state index contributed by atoms with van der Waals surface area (Å²) in [5.74, 6) is 2.62. The summed E-state index contributed by atoms with van der Waals surface area (Å²) in [5, 5.41) is 16.9. The number of hydrogen-bond acceptors (Lipinski definition) is 5. The molecule has 0 aromatic rings. The molecule has 0 saturated carbocycles. The zero-order valence-corrected chi connectivity index (χ0v) is 6.99. The van der Waals surface area contributed by atoms with Crippen molar-refractivity contribution >= 4 is 11.9 Å². The summed E-state index contributed by atoms with van der Waals surface area (Å²) in [6, 6.07) is 0. The molecule has 0 aromatic heterocycles. The Morgan fingerprint density at radius 2 is 1.92 bits per heavy atom. The molecule has 0 fully saturated rings. The van der Waals surface area contributed by atoms with Gasteiger partial charge in [-0.3, -0.25) is 10.6 Å². The average molecular weight is 191 g/mol. The third-order valence-electron chi connectivity index (χ3n) is 1.60. The lowest BCUT2D eigenvalue weighted by Crippen LogP contribution is -2.62. The van der Waals surface area contributed by atoms with Gasteiger partial charge < -0.3 is 15.9 Å². The lowest BCUT2D eigenvalue weighted by atomic mass is 10.0. The van der Waals surface area contributed by atoms with E-state index >= 15 is 0 Å². The molecule has 0 aromatic carbocycles. The van der Waals surface area contributed by atoms with Crippen LogP contribution in [-0.2, 0) is 9.59 Å². The number of hydrazine groups is 1. The maximum Gasteiger partial charge on any atom is 0.339 e. The Kier molecular flexibility index (Phi) is 4.32. The second kappa shape index (κ2) is 4.75. The van der Waals surface area contributed by atoms with Gasteiger partial charge in [0.25, 0.3) is 0 Å². The van der Waals surface area contributed by atoms with Gasteiger partial charge in [0.2, 0.25) is 0 Å². The van der Waals surface area contributed by atoms with Gasteiger partial charge in [0.15, 0.2) is 5.66 Å². The summed E-state index contributed by atoms with van der Waals surface area (Å²) in [6.45, 7) is 0. The normalized spacial score (nSPS) is 14.9. The van der Waals surface area contributed by atoms with Crippen LogP contribution in [0, 0.1) is 0 Å². The first-order valence-corrected chi connectivity index (χ1v) is 3.64. The summed E-state index contributed by atoms with van der Waals surface area (Å²) in [4.78, 5) is 20.6. The second-order valence-corrected chi connectivity index (χ2v) is 2.67. The molecule has 0 spiro atoms. The number of hydrogen-bond donors (Lipinski definition) is 5. The molecule has 0 aliphatic carbocycles. The molecule has 0 aliphatic heterocycles. The van der Waals surface area contributed by atoms with Crippen LogP contribution in [0.1, 0.15) is 19.3 Å². The zero-order valence-electron chi connectivity index (χ0n) is 6.99. The number of aliphatic carboxylic acids is 2. The third kappa shape index (κ3) is 3.83. The maximum atomic E-state index is 10.5. The van der Waals surface area contributed by atoms with Crippen LogP contribution in [0.2, 0.25) is 0 Å². The molecule has 0 amide bonds. The largest absolute Gasteiger partial charge is 0.481 e. The average Bonchev–Trinajstić information content (AvgIpc) is 2.03. The monoisotopic (exact) mass is 191 g/mol. The van der Waals surface area contributed by atoms with Crippen molar-refractivity contribution in [1.82, 2.24) is 5.43 Å². The first-order chi connectivity index (χ1) is 5.92. The van der Waals surface area contributed by atoms with Crippen molar-refractivity contribution in [3.63, 3.8) is 0 Å². The first-order valence-electron chi connectivity index (χ1n) is 3.64. The van der Waals surface area contributed by atoms with Gasteiger partial charge in [-0.15, -0.1) is 0 Å². The van der Waals surface area contributed by atoms with Crippen LogP contribution in [-0.4, -0.2) is 27.8 Å². The number of carbonyl (C=O) groups is 2. The van der Waals surface area contributed by atoms with Gasteiger partial charge in [0, 0.05) is 6.42 Å². The van der Waals surface area contributed by atoms with E-state index < -0.39 is 17.6 Å². The molecule has 0 heterocycles. The van der Waals surface area contributed by atoms with E-state index in [0.717, 1.165) is 0 Å². The molecule has 0 aliphatic rings. The molecule has 1 unspecified atom stereocenters. The topological polar surface area (TPSA) is 139 Å². The summed E-state index contributed by atoms with van der Waals surface area (Å²) in [6.07, 6.45) is -0.0125. The van der Waals surface area contributed by atoms with E-state index in [-0.39, 0.29) is 19.3 Å². The van der Waals surface area contributed by atoms with Crippen molar-refractivity contribution in [2.75, 3.05) is 0 Å². The minimum Gasteiger partial charge on any atom is -0.481 e. The number of carboxylic acids is 2. The van der Waals surface area contributed by atoms with E-state index in [2.05, 4.69) is 0 Å². The van der Waals surface area contributed by atoms with Crippen LogP contribution in [0.4, 0.5) is 0 Å². The van der Waals surface area contributed by atoms with Crippen LogP contribution in [0.15, 0.2) is 0 Å². The third-order valence-corrected chi connectivity index (χ3v) is 1.60. The Bertz CT molecular complexity index is 208. The number of carboxylic acid groups (broad SMARTS) is 2. The molecule has 0 radical (unpaired) electrons. The van der Waals surface area contributed by atoms with Crippen LogP contribution in [0.5, 0.6) is 0 Å². The Hall–Kier alpha value is -1.18. The number of nitrogens with one attached hydrogen (secondary N) is 1. The SMILES string of the molecule is NNC(N)(CCCC(=O)O)C(=O)O. The van der Waals surface area contributed by atoms with Crippen molar-refractivity contribution in [3.05, 3.63) is 0 Å². The van der Waals surface area contributed by atoms with Gasteiger partial charge >= 0.3 is 11.9 Å². The predicted octanol–water partition coefficient (Wildman–Crippen LogP) is -1.56. The maximum absolute atomic E-state index is 10.5. The molecule has 7 heteroatoms. The highest BCUT2D eigenvalue weighted by atomic mass is 16.4. The minimum absolute atomic E-state index is 0.0366. The van der Waals surface area contributed by atoms with Gasteiger partial charge in [0.1, 0.15) is 0 Å². The van der Waals surface area contributed by atoms with E-state index in [1.165, 1.54) is 0 Å². The first kappa shape index (κ1) is 11.8. The van der Waals surface area contributed by atoms with E-state index in [0.29, 0.717) is 0 Å². The van der Waals surface area contributed by atoms with Gasteiger partial charge in [-0.1, -0.05) is 0 Å². The highest BCUT2D eigenvalue weighted by Gasteiger charge is 2.31. The van der Waals surface area contributed by atoms with E-state index in [4.69, 9.17) is 21.8 Å². The van der Waals surface area contributed by atoms with E-state index in [1.54, 1.807) is 0 Å². The molecular weight excluding hydrogens is 178 g/mol. The Balaban J connectivity index is 3.98. The molecule has 0 rings (SSSR count). The van der Waals surface area contributed by atoms with Crippen LogP contribution >= 0.6 is 0 Å². The molecule has 13 heavy (non-hydrogen) atoms.